The van der Waals surface area contributed by atoms with Crippen LogP contribution in [-0.2, 0) is 0 Å². The number of nitrogens with zero attached hydrogens (tertiary/aromatic N) is 1. The van der Waals surface area contributed by atoms with Crippen molar-refractivity contribution in [3.63, 3.8) is 0 Å². The molecule has 0 unspecified atom stereocenters. The molecule has 0 aromatic heterocycles. The third-order valence-corrected chi connectivity index (χ3v) is 3.14. The molecule has 0 radical (unpaired) electrons. The predicted octanol–water partition coefficient (Wildman–Crippen LogP) is 2.13. The zero-order chi connectivity index (χ0) is 7.68. The summed E-state index contributed by atoms with van der Waals surface area (Å²) in [4.78, 5) is 2.64. The van der Waals surface area contributed by atoms with Crippen molar-refractivity contribution in [1.82, 2.24) is 4.90 Å². The first-order chi connectivity index (χ1) is 5.40. The van der Waals surface area contributed by atoms with Crippen molar-refractivity contribution in [1.29, 1.82) is 0 Å². The predicted molar refractivity (Wildman–Crippen MR) is 47.6 cm³/mol. The standard InChI is InChI=1S/C10H19N/c1-2-6-11-7-5-10(8-11)9-3-4-9/h9-10H,2-8H2,1H3/t10-/m0/s1. The van der Waals surface area contributed by atoms with Crippen LogP contribution in [0.3, 0.4) is 0 Å². The minimum Gasteiger partial charge on any atom is -0.303 e. The van der Waals surface area contributed by atoms with Gasteiger partial charge in [-0.3, -0.25) is 0 Å². The number of likely N-dealkylation sites (tertiary alicyclic amines) is 1. The highest BCUT2D eigenvalue weighted by Crippen LogP contribution is 2.41. The molecular formula is C10H19N. The molecule has 0 bridgehead atoms. The molecule has 1 heteroatoms. The van der Waals surface area contributed by atoms with Crippen LogP contribution < -0.4 is 0 Å². The fourth-order valence-electron chi connectivity index (χ4n) is 2.33. The van der Waals surface area contributed by atoms with Crippen LogP contribution in [0.25, 0.3) is 0 Å². The summed E-state index contributed by atoms with van der Waals surface area (Å²) in [7, 11) is 0. The molecule has 11 heavy (non-hydrogen) atoms. The second kappa shape index (κ2) is 3.14. The Morgan fingerprint density at radius 1 is 1.18 bits per heavy atom. The quantitative estimate of drug-likeness (QED) is 0.600. The van der Waals surface area contributed by atoms with Gasteiger partial charge in [0, 0.05) is 6.54 Å². The van der Waals surface area contributed by atoms with Crippen molar-refractivity contribution in [3.05, 3.63) is 0 Å². The Labute approximate surface area is 69.8 Å². The number of rotatable bonds is 3. The topological polar surface area (TPSA) is 3.24 Å². The Hall–Kier alpha value is -0.0400. The molecule has 0 aromatic carbocycles. The Morgan fingerprint density at radius 2 is 2.00 bits per heavy atom. The van der Waals surface area contributed by atoms with Crippen LogP contribution in [0.5, 0.6) is 0 Å². The van der Waals surface area contributed by atoms with Crippen molar-refractivity contribution in [2.45, 2.75) is 32.6 Å². The van der Waals surface area contributed by atoms with Gasteiger partial charge in [-0.1, -0.05) is 6.92 Å². The van der Waals surface area contributed by atoms with Crippen LogP contribution in [0.1, 0.15) is 32.6 Å². The second-order valence-electron chi connectivity index (χ2n) is 4.19. The highest BCUT2D eigenvalue weighted by Gasteiger charge is 2.35. The fraction of sp³-hybridized carbons (Fsp3) is 1.00. The summed E-state index contributed by atoms with van der Waals surface area (Å²) in [5.41, 5.74) is 0. The molecule has 64 valence electrons. The highest BCUT2D eigenvalue weighted by molar-refractivity contribution is 4.87. The van der Waals surface area contributed by atoms with Gasteiger partial charge in [-0.25, -0.2) is 0 Å². The van der Waals surface area contributed by atoms with Gasteiger partial charge in [0.05, 0.1) is 0 Å². The minimum atomic E-state index is 1.08. The Kier molecular flexibility index (Phi) is 2.17. The number of hydrogen-bond donors (Lipinski definition) is 0. The first-order valence-electron chi connectivity index (χ1n) is 5.12. The molecule has 0 aromatic rings. The average molecular weight is 153 g/mol. The summed E-state index contributed by atoms with van der Waals surface area (Å²) in [6.45, 7) is 6.42. The smallest absolute Gasteiger partial charge is 0.00128 e. The molecule has 1 aliphatic carbocycles. The van der Waals surface area contributed by atoms with Crippen molar-refractivity contribution < 1.29 is 0 Å². The first-order valence-corrected chi connectivity index (χ1v) is 5.12. The van der Waals surface area contributed by atoms with Gasteiger partial charge >= 0.3 is 0 Å². The van der Waals surface area contributed by atoms with E-state index in [-0.39, 0.29) is 0 Å². The minimum absolute atomic E-state index is 1.08. The van der Waals surface area contributed by atoms with Crippen molar-refractivity contribution in [3.8, 4) is 0 Å². The molecular weight excluding hydrogens is 134 g/mol. The molecule has 1 atom stereocenters. The van der Waals surface area contributed by atoms with Gasteiger partial charge < -0.3 is 4.90 Å². The lowest BCUT2D eigenvalue weighted by Crippen LogP contribution is -2.21. The lowest BCUT2D eigenvalue weighted by atomic mass is 10.0. The molecule has 1 aliphatic heterocycles. The van der Waals surface area contributed by atoms with E-state index in [1.165, 1.54) is 45.3 Å². The van der Waals surface area contributed by atoms with Gasteiger partial charge in [0.2, 0.25) is 0 Å². The third-order valence-electron chi connectivity index (χ3n) is 3.14. The molecule has 2 fully saturated rings. The Balaban J connectivity index is 1.74. The van der Waals surface area contributed by atoms with E-state index in [0.717, 1.165) is 11.8 Å². The molecule has 0 spiro atoms. The molecule has 0 N–H and O–H groups in total. The van der Waals surface area contributed by atoms with Crippen LogP contribution in [-0.4, -0.2) is 24.5 Å². The molecule has 2 aliphatic rings. The second-order valence-corrected chi connectivity index (χ2v) is 4.19. The lowest BCUT2D eigenvalue weighted by molar-refractivity contribution is 0.318. The van der Waals surface area contributed by atoms with E-state index in [4.69, 9.17) is 0 Å². The average Bonchev–Trinajstić information content (AvgIpc) is 2.75. The fourth-order valence-corrected chi connectivity index (χ4v) is 2.33. The van der Waals surface area contributed by atoms with Crippen LogP contribution in [0, 0.1) is 11.8 Å². The summed E-state index contributed by atoms with van der Waals surface area (Å²) in [5, 5.41) is 0. The maximum absolute atomic E-state index is 2.64. The van der Waals surface area contributed by atoms with E-state index in [1.807, 2.05) is 0 Å². The summed E-state index contributed by atoms with van der Waals surface area (Å²) in [5.74, 6) is 2.22. The maximum Gasteiger partial charge on any atom is 0.00128 e. The molecule has 1 saturated heterocycles. The Morgan fingerprint density at radius 3 is 2.64 bits per heavy atom. The molecule has 0 amide bonds. The van der Waals surface area contributed by atoms with Gasteiger partial charge in [0.15, 0.2) is 0 Å². The van der Waals surface area contributed by atoms with Crippen molar-refractivity contribution in [2.75, 3.05) is 19.6 Å². The number of hydrogen-bond acceptors (Lipinski definition) is 1. The van der Waals surface area contributed by atoms with Crippen LogP contribution >= 0.6 is 0 Å². The highest BCUT2D eigenvalue weighted by atomic mass is 15.1. The Bertz CT molecular complexity index is 129. The van der Waals surface area contributed by atoms with Gasteiger partial charge in [-0.05, 0) is 50.6 Å². The van der Waals surface area contributed by atoms with Crippen LogP contribution in [0.4, 0.5) is 0 Å². The molecule has 1 heterocycles. The summed E-state index contributed by atoms with van der Waals surface area (Å²) in [6, 6.07) is 0. The van der Waals surface area contributed by atoms with Gasteiger partial charge in [-0.2, -0.15) is 0 Å². The van der Waals surface area contributed by atoms with E-state index < -0.39 is 0 Å². The van der Waals surface area contributed by atoms with Gasteiger partial charge in [0.1, 0.15) is 0 Å². The first kappa shape index (κ1) is 7.60. The molecule has 2 rings (SSSR count). The van der Waals surface area contributed by atoms with E-state index in [1.54, 1.807) is 0 Å². The van der Waals surface area contributed by atoms with Gasteiger partial charge in [-0.15, -0.1) is 0 Å². The largest absolute Gasteiger partial charge is 0.303 e. The molecule has 1 nitrogen and oxygen atoms in total. The van der Waals surface area contributed by atoms with Gasteiger partial charge in [0.25, 0.3) is 0 Å². The van der Waals surface area contributed by atoms with Crippen LogP contribution in [0.15, 0.2) is 0 Å². The van der Waals surface area contributed by atoms with Crippen molar-refractivity contribution in [2.24, 2.45) is 11.8 Å². The zero-order valence-electron chi connectivity index (χ0n) is 7.55. The van der Waals surface area contributed by atoms with E-state index >= 15 is 0 Å². The van der Waals surface area contributed by atoms with E-state index in [0.29, 0.717) is 0 Å². The normalized spacial score (nSPS) is 33.0. The van der Waals surface area contributed by atoms with E-state index in [9.17, 15) is 0 Å². The maximum atomic E-state index is 2.64. The summed E-state index contributed by atoms with van der Waals surface area (Å²) in [6.07, 6.45) is 5.89. The van der Waals surface area contributed by atoms with Crippen molar-refractivity contribution >= 4 is 0 Å². The van der Waals surface area contributed by atoms with Crippen LogP contribution in [0.2, 0.25) is 0 Å². The summed E-state index contributed by atoms with van der Waals surface area (Å²) < 4.78 is 0. The van der Waals surface area contributed by atoms with E-state index in [2.05, 4.69) is 11.8 Å². The third kappa shape index (κ3) is 1.76. The SMILES string of the molecule is CCCN1CC[C@H](C2CC2)C1. The molecule has 1 saturated carbocycles. The monoisotopic (exact) mass is 153 g/mol. The summed E-state index contributed by atoms with van der Waals surface area (Å²) >= 11 is 0. The zero-order valence-corrected chi connectivity index (χ0v) is 7.55. The lowest BCUT2D eigenvalue weighted by Gasteiger charge is -2.13.